The molecule has 0 saturated heterocycles. The van der Waals surface area contributed by atoms with E-state index in [2.05, 4.69) is 25.9 Å². The van der Waals surface area contributed by atoms with Crippen LogP contribution >= 0.6 is 27.5 Å². The number of aromatic nitrogens is 3. The molecule has 0 aliphatic carbocycles. The third-order valence-electron chi connectivity index (χ3n) is 4.32. The van der Waals surface area contributed by atoms with E-state index in [1.807, 2.05) is 0 Å². The Kier molecular flexibility index (Phi) is 5.00. The van der Waals surface area contributed by atoms with Gasteiger partial charge in [-0.3, -0.25) is 0 Å². The Morgan fingerprint density at radius 1 is 1.10 bits per heavy atom. The number of hydrogen-bond donors (Lipinski definition) is 0. The van der Waals surface area contributed by atoms with Gasteiger partial charge in [-0.2, -0.15) is 13.2 Å². The Labute approximate surface area is 177 Å². The van der Waals surface area contributed by atoms with Crippen LogP contribution < -0.4 is 0 Å². The van der Waals surface area contributed by atoms with Crippen molar-refractivity contribution in [3.05, 3.63) is 76.1 Å². The summed E-state index contributed by atoms with van der Waals surface area (Å²) in [5.74, 6) is 0.624. The van der Waals surface area contributed by atoms with E-state index in [1.165, 1.54) is 17.9 Å². The molecule has 148 valence electrons. The SMILES string of the molecule is Cc1nc(C(F)(F)F)cn1-c1ccc(Br)cc1-c1ocnc1-c1ccc(Cl)cc1. The van der Waals surface area contributed by atoms with Gasteiger partial charge in [0, 0.05) is 26.8 Å². The minimum absolute atomic E-state index is 0.202. The Hall–Kier alpha value is -2.58. The molecule has 9 heteroatoms. The van der Waals surface area contributed by atoms with E-state index in [-0.39, 0.29) is 5.82 Å². The second-order valence-electron chi connectivity index (χ2n) is 6.24. The maximum Gasteiger partial charge on any atom is 0.434 e. The van der Waals surface area contributed by atoms with Gasteiger partial charge in [0.25, 0.3) is 0 Å². The van der Waals surface area contributed by atoms with Crippen LogP contribution in [0.15, 0.2) is 63.9 Å². The molecule has 2 aromatic heterocycles. The van der Waals surface area contributed by atoms with Crippen LogP contribution in [0.1, 0.15) is 11.5 Å². The smallest absolute Gasteiger partial charge is 0.434 e. The summed E-state index contributed by atoms with van der Waals surface area (Å²) >= 11 is 9.38. The van der Waals surface area contributed by atoms with Crippen LogP contribution in [0.2, 0.25) is 5.02 Å². The molecule has 0 atom stereocenters. The molecule has 4 aromatic rings. The van der Waals surface area contributed by atoms with Crippen LogP contribution in [0.5, 0.6) is 0 Å². The second-order valence-corrected chi connectivity index (χ2v) is 7.59. The second kappa shape index (κ2) is 7.35. The van der Waals surface area contributed by atoms with Crippen LogP contribution in [0.3, 0.4) is 0 Å². The van der Waals surface area contributed by atoms with E-state index >= 15 is 0 Å². The summed E-state index contributed by atoms with van der Waals surface area (Å²) < 4.78 is 47.2. The zero-order chi connectivity index (χ0) is 20.8. The number of aryl methyl sites for hydroxylation is 1. The third-order valence-corrected chi connectivity index (χ3v) is 5.07. The highest BCUT2D eigenvalue weighted by Crippen LogP contribution is 2.38. The van der Waals surface area contributed by atoms with Crippen LogP contribution in [0.25, 0.3) is 28.3 Å². The average molecular weight is 483 g/mol. The van der Waals surface area contributed by atoms with Crippen molar-refractivity contribution in [2.45, 2.75) is 13.1 Å². The zero-order valence-electron chi connectivity index (χ0n) is 14.8. The van der Waals surface area contributed by atoms with E-state index in [0.717, 1.165) is 16.2 Å². The number of benzene rings is 2. The lowest BCUT2D eigenvalue weighted by Crippen LogP contribution is -2.05. The van der Waals surface area contributed by atoms with Crippen LogP contribution in [0, 0.1) is 6.92 Å². The molecule has 0 amide bonds. The quantitative estimate of drug-likeness (QED) is 0.318. The molecule has 0 N–H and O–H groups in total. The topological polar surface area (TPSA) is 43.9 Å². The van der Waals surface area contributed by atoms with Crippen LogP contribution in [-0.2, 0) is 6.18 Å². The standard InChI is InChI=1S/C20H12BrClF3N3O/c1-11-27-17(20(23,24)25)9-28(11)16-7-4-13(21)8-15(16)19-18(26-10-29-19)12-2-5-14(22)6-3-12/h2-10H,1H3. The molecular weight excluding hydrogens is 471 g/mol. The minimum atomic E-state index is -4.54. The zero-order valence-corrected chi connectivity index (χ0v) is 17.2. The summed E-state index contributed by atoms with van der Waals surface area (Å²) in [6, 6.07) is 12.3. The monoisotopic (exact) mass is 481 g/mol. The fraction of sp³-hybridized carbons (Fsp3) is 0.100. The third kappa shape index (κ3) is 3.82. The maximum absolute atomic E-state index is 13.1. The number of hydrogen-bond acceptors (Lipinski definition) is 3. The molecule has 0 aliphatic heterocycles. The van der Waals surface area contributed by atoms with E-state index in [1.54, 1.807) is 42.5 Å². The van der Waals surface area contributed by atoms with Gasteiger partial charge < -0.3 is 8.98 Å². The van der Waals surface area contributed by atoms with E-state index in [0.29, 0.717) is 27.7 Å². The van der Waals surface area contributed by atoms with Crippen molar-refractivity contribution in [2.75, 3.05) is 0 Å². The van der Waals surface area contributed by atoms with Crippen molar-refractivity contribution in [2.24, 2.45) is 0 Å². The number of nitrogens with zero attached hydrogens (tertiary/aromatic N) is 3. The van der Waals surface area contributed by atoms with Gasteiger partial charge >= 0.3 is 6.18 Å². The van der Waals surface area contributed by atoms with Gasteiger partial charge in [0.15, 0.2) is 17.8 Å². The average Bonchev–Trinajstić information content (AvgIpc) is 3.29. The molecule has 0 radical (unpaired) electrons. The summed E-state index contributed by atoms with van der Waals surface area (Å²) in [6.07, 6.45) is -2.27. The maximum atomic E-state index is 13.1. The summed E-state index contributed by atoms with van der Waals surface area (Å²) in [4.78, 5) is 7.95. The Balaban J connectivity index is 1.90. The van der Waals surface area contributed by atoms with Gasteiger partial charge in [0.2, 0.25) is 0 Å². The Morgan fingerprint density at radius 3 is 2.48 bits per heavy atom. The van der Waals surface area contributed by atoms with Crippen molar-refractivity contribution in [1.29, 1.82) is 0 Å². The van der Waals surface area contributed by atoms with Gasteiger partial charge in [0.1, 0.15) is 11.5 Å². The van der Waals surface area contributed by atoms with Crippen molar-refractivity contribution < 1.29 is 17.6 Å². The highest BCUT2D eigenvalue weighted by Gasteiger charge is 2.34. The van der Waals surface area contributed by atoms with Crippen molar-refractivity contribution in [3.8, 4) is 28.3 Å². The lowest BCUT2D eigenvalue weighted by atomic mass is 10.0. The Bertz CT molecular complexity index is 1180. The van der Waals surface area contributed by atoms with Crippen LogP contribution in [-0.4, -0.2) is 14.5 Å². The predicted molar refractivity (Wildman–Crippen MR) is 107 cm³/mol. The molecule has 0 spiro atoms. The molecule has 0 aliphatic rings. The summed E-state index contributed by atoms with van der Waals surface area (Å²) in [7, 11) is 0. The number of oxazole rings is 1. The van der Waals surface area contributed by atoms with E-state index in [9.17, 15) is 13.2 Å². The van der Waals surface area contributed by atoms with Gasteiger partial charge in [-0.25, -0.2) is 9.97 Å². The molecule has 2 aromatic carbocycles. The first-order chi connectivity index (χ1) is 13.7. The highest BCUT2D eigenvalue weighted by atomic mass is 79.9. The van der Waals surface area contributed by atoms with E-state index < -0.39 is 11.9 Å². The first kappa shape index (κ1) is 19.7. The molecule has 0 saturated carbocycles. The summed E-state index contributed by atoms with van der Waals surface area (Å²) in [5.41, 5.74) is 1.41. The van der Waals surface area contributed by atoms with Gasteiger partial charge in [-0.1, -0.05) is 39.7 Å². The van der Waals surface area contributed by atoms with Crippen molar-refractivity contribution >= 4 is 27.5 Å². The van der Waals surface area contributed by atoms with Crippen LogP contribution in [0.4, 0.5) is 13.2 Å². The Morgan fingerprint density at radius 2 is 1.83 bits per heavy atom. The number of rotatable bonds is 3. The first-order valence-corrected chi connectivity index (χ1v) is 9.54. The molecule has 4 rings (SSSR count). The normalized spacial score (nSPS) is 11.8. The lowest BCUT2D eigenvalue weighted by Gasteiger charge is -2.12. The molecule has 0 fully saturated rings. The molecule has 29 heavy (non-hydrogen) atoms. The molecular formula is C20H12BrClF3N3O. The highest BCUT2D eigenvalue weighted by molar-refractivity contribution is 9.10. The van der Waals surface area contributed by atoms with Crippen molar-refractivity contribution in [1.82, 2.24) is 14.5 Å². The molecule has 0 unspecified atom stereocenters. The predicted octanol–water partition coefficient (Wildman–Crippen LogP) is 6.94. The summed E-state index contributed by atoms with van der Waals surface area (Å²) in [5, 5.41) is 0.579. The minimum Gasteiger partial charge on any atom is -0.443 e. The fourth-order valence-electron chi connectivity index (χ4n) is 3.00. The number of alkyl halides is 3. The largest absolute Gasteiger partial charge is 0.443 e. The lowest BCUT2D eigenvalue weighted by molar-refractivity contribution is -0.141. The number of halogens is 5. The molecule has 0 bridgehead atoms. The van der Waals surface area contributed by atoms with Gasteiger partial charge in [-0.15, -0.1) is 0 Å². The summed E-state index contributed by atoms with van der Waals surface area (Å²) in [6.45, 7) is 1.52. The van der Waals surface area contributed by atoms with E-state index in [4.69, 9.17) is 16.0 Å². The molecule has 2 heterocycles. The number of imidazole rings is 1. The molecule has 4 nitrogen and oxygen atoms in total. The van der Waals surface area contributed by atoms with Crippen molar-refractivity contribution in [3.63, 3.8) is 0 Å². The van der Waals surface area contributed by atoms with Gasteiger partial charge in [-0.05, 0) is 37.3 Å². The first-order valence-electron chi connectivity index (χ1n) is 8.37. The van der Waals surface area contributed by atoms with Gasteiger partial charge in [0.05, 0.1) is 5.69 Å². The fourth-order valence-corrected chi connectivity index (χ4v) is 3.49.